The fourth-order valence-electron chi connectivity index (χ4n) is 2.10. The van der Waals surface area contributed by atoms with Crippen molar-refractivity contribution in [1.29, 1.82) is 0 Å². The third kappa shape index (κ3) is 4.11. The predicted octanol–water partition coefficient (Wildman–Crippen LogP) is 1.96. The van der Waals surface area contributed by atoms with Crippen molar-refractivity contribution in [1.82, 2.24) is 0 Å². The Bertz CT molecular complexity index is 309. The number of rotatable bonds is 7. The van der Waals surface area contributed by atoms with Gasteiger partial charge in [0.1, 0.15) is 0 Å². The summed E-state index contributed by atoms with van der Waals surface area (Å²) in [6.07, 6.45) is 2.66. The van der Waals surface area contributed by atoms with Gasteiger partial charge in [0.2, 0.25) is 0 Å². The maximum absolute atomic E-state index is 5.70. The van der Waals surface area contributed by atoms with Gasteiger partial charge in [0.25, 0.3) is 0 Å². The molecule has 0 unspecified atom stereocenters. The number of nitrogens with two attached hydrogens (primary N) is 1. The van der Waals surface area contributed by atoms with Crippen LogP contribution in [0.3, 0.4) is 0 Å². The Labute approximate surface area is 103 Å². The van der Waals surface area contributed by atoms with Crippen molar-refractivity contribution in [3.05, 3.63) is 35.9 Å². The standard InChI is InChI=1S/C14H21NO2/c15-6-7-17-14-8-13(9-14)11-16-10-12-4-2-1-3-5-12/h1-5,13-14H,6-11,15H2. The highest BCUT2D eigenvalue weighted by molar-refractivity contribution is 5.13. The molecule has 0 radical (unpaired) electrons. The van der Waals surface area contributed by atoms with Crippen molar-refractivity contribution >= 4 is 0 Å². The van der Waals surface area contributed by atoms with Gasteiger partial charge in [-0.3, -0.25) is 0 Å². The van der Waals surface area contributed by atoms with Crippen LogP contribution in [0.2, 0.25) is 0 Å². The van der Waals surface area contributed by atoms with E-state index in [2.05, 4.69) is 12.1 Å². The van der Waals surface area contributed by atoms with E-state index in [9.17, 15) is 0 Å². The van der Waals surface area contributed by atoms with Crippen LogP contribution >= 0.6 is 0 Å². The van der Waals surface area contributed by atoms with Gasteiger partial charge in [0.05, 0.1) is 25.9 Å². The molecule has 0 amide bonds. The third-order valence-electron chi connectivity index (χ3n) is 3.13. The van der Waals surface area contributed by atoms with Crippen LogP contribution in [-0.2, 0) is 16.1 Å². The molecule has 0 saturated heterocycles. The molecule has 1 aromatic rings. The molecule has 3 nitrogen and oxygen atoms in total. The lowest BCUT2D eigenvalue weighted by molar-refractivity contribution is -0.0559. The SMILES string of the molecule is NCCOC1CC(COCc2ccccc2)C1. The van der Waals surface area contributed by atoms with Crippen molar-refractivity contribution in [2.24, 2.45) is 11.7 Å². The normalized spacial score (nSPS) is 23.4. The molecule has 94 valence electrons. The second-order valence-corrected chi connectivity index (χ2v) is 4.62. The highest BCUT2D eigenvalue weighted by atomic mass is 16.5. The van der Waals surface area contributed by atoms with Crippen LogP contribution in [-0.4, -0.2) is 25.9 Å². The summed E-state index contributed by atoms with van der Waals surface area (Å²) < 4.78 is 11.2. The Balaban J connectivity index is 1.53. The van der Waals surface area contributed by atoms with Crippen LogP contribution in [0.15, 0.2) is 30.3 Å². The fourth-order valence-corrected chi connectivity index (χ4v) is 2.10. The van der Waals surface area contributed by atoms with E-state index >= 15 is 0 Å². The Morgan fingerprint density at radius 3 is 2.65 bits per heavy atom. The molecule has 17 heavy (non-hydrogen) atoms. The summed E-state index contributed by atoms with van der Waals surface area (Å²) in [6, 6.07) is 10.3. The van der Waals surface area contributed by atoms with E-state index in [-0.39, 0.29) is 0 Å². The first-order valence-electron chi connectivity index (χ1n) is 6.32. The summed E-state index contributed by atoms with van der Waals surface area (Å²) in [7, 11) is 0. The van der Waals surface area contributed by atoms with Crippen LogP contribution in [0.25, 0.3) is 0 Å². The van der Waals surface area contributed by atoms with Crippen molar-refractivity contribution in [3.8, 4) is 0 Å². The van der Waals surface area contributed by atoms with Gasteiger partial charge in [-0.15, -0.1) is 0 Å². The minimum atomic E-state index is 0.420. The molecule has 0 heterocycles. The van der Waals surface area contributed by atoms with Gasteiger partial charge < -0.3 is 15.2 Å². The van der Waals surface area contributed by atoms with E-state index in [1.165, 1.54) is 5.56 Å². The monoisotopic (exact) mass is 235 g/mol. The largest absolute Gasteiger partial charge is 0.377 e. The lowest BCUT2D eigenvalue weighted by atomic mass is 9.83. The second-order valence-electron chi connectivity index (χ2n) is 4.62. The number of hydrogen-bond donors (Lipinski definition) is 1. The zero-order chi connectivity index (χ0) is 11.9. The molecule has 3 heteroatoms. The first-order valence-corrected chi connectivity index (χ1v) is 6.32. The van der Waals surface area contributed by atoms with Gasteiger partial charge in [-0.1, -0.05) is 30.3 Å². The average Bonchev–Trinajstić information content (AvgIpc) is 2.32. The Kier molecular flexibility index (Phi) is 4.98. The summed E-state index contributed by atoms with van der Waals surface area (Å²) in [5.74, 6) is 0.668. The molecule has 1 aliphatic carbocycles. The molecule has 2 rings (SSSR count). The van der Waals surface area contributed by atoms with Gasteiger partial charge in [-0.2, -0.15) is 0 Å². The predicted molar refractivity (Wildman–Crippen MR) is 67.6 cm³/mol. The van der Waals surface area contributed by atoms with Crippen molar-refractivity contribution < 1.29 is 9.47 Å². The molecule has 0 atom stereocenters. The Morgan fingerprint density at radius 1 is 1.18 bits per heavy atom. The van der Waals surface area contributed by atoms with E-state index in [4.69, 9.17) is 15.2 Å². The van der Waals surface area contributed by atoms with E-state index in [1.54, 1.807) is 0 Å². The number of ether oxygens (including phenoxy) is 2. The fraction of sp³-hybridized carbons (Fsp3) is 0.571. The average molecular weight is 235 g/mol. The summed E-state index contributed by atoms with van der Waals surface area (Å²) >= 11 is 0. The molecule has 2 N–H and O–H groups in total. The highest BCUT2D eigenvalue weighted by Gasteiger charge is 2.29. The van der Waals surface area contributed by atoms with Crippen molar-refractivity contribution in [2.45, 2.75) is 25.6 Å². The molecule has 0 spiro atoms. The second kappa shape index (κ2) is 6.74. The van der Waals surface area contributed by atoms with Gasteiger partial charge in [-0.05, 0) is 24.3 Å². The quantitative estimate of drug-likeness (QED) is 0.785. The summed E-state index contributed by atoms with van der Waals surface area (Å²) in [4.78, 5) is 0. The maximum Gasteiger partial charge on any atom is 0.0717 e. The van der Waals surface area contributed by atoms with Crippen LogP contribution in [0.5, 0.6) is 0 Å². The molecule has 0 bridgehead atoms. The summed E-state index contributed by atoms with van der Waals surface area (Å²) in [6.45, 7) is 2.86. The van der Waals surface area contributed by atoms with Crippen LogP contribution in [0, 0.1) is 5.92 Å². The van der Waals surface area contributed by atoms with E-state index in [1.807, 2.05) is 18.2 Å². The third-order valence-corrected chi connectivity index (χ3v) is 3.13. The van der Waals surface area contributed by atoms with Gasteiger partial charge >= 0.3 is 0 Å². The minimum absolute atomic E-state index is 0.420. The molecule has 1 aromatic carbocycles. The zero-order valence-electron chi connectivity index (χ0n) is 10.2. The first kappa shape index (κ1) is 12.6. The van der Waals surface area contributed by atoms with E-state index in [0.29, 0.717) is 31.8 Å². The number of hydrogen-bond acceptors (Lipinski definition) is 3. The molecular weight excluding hydrogens is 214 g/mol. The van der Waals surface area contributed by atoms with Crippen molar-refractivity contribution in [3.63, 3.8) is 0 Å². The molecule has 1 saturated carbocycles. The maximum atomic E-state index is 5.70. The highest BCUT2D eigenvalue weighted by Crippen LogP contribution is 2.30. The lowest BCUT2D eigenvalue weighted by Crippen LogP contribution is -2.35. The van der Waals surface area contributed by atoms with Crippen LogP contribution in [0.1, 0.15) is 18.4 Å². The zero-order valence-corrected chi connectivity index (χ0v) is 10.2. The molecule has 1 fully saturated rings. The molecule has 0 aliphatic heterocycles. The van der Waals surface area contributed by atoms with E-state index in [0.717, 1.165) is 19.4 Å². The van der Waals surface area contributed by atoms with Gasteiger partial charge in [-0.25, -0.2) is 0 Å². The topological polar surface area (TPSA) is 44.5 Å². The van der Waals surface area contributed by atoms with E-state index < -0.39 is 0 Å². The Morgan fingerprint density at radius 2 is 1.94 bits per heavy atom. The lowest BCUT2D eigenvalue weighted by Gasteiger charge is -2.34. The van der Waals surface area contributed by atoms with Gasteiger partial charge in [0, 0.05) is 6.54 Å². The number of benzene rings is 1. The molecule has 1 aliphatic rings. The summed E-state index contributed by atoms with van der Waals surface area (Å²) in [5, 5.41) is 0. The Hall–Kier alpha value is -0.900. The first-order chi connectivity index (χ1) is 8.38. The van der Waals surface area contributed by atoms with Crippen molar-refractivity contribution in [2.75, 3.05) is 19.8 Å². The smallest absolute Gasteiger partial charge is 0.0717 e. The van der Waals surface area contributed by atoms with Crippen LogP contribution < -0.4 is 5.73 Å². The molecular formula is C14H21NO2. The summed E-state index contributed by atoms with van der Waals surface area (Å²) in [5.41, 5.74) is 6.62. The van der Waals surface area contributed by atoms with Crippen LogP contribution in [0.4, 0.5) is 0 Å². The molecule has 0 aromatic heterocycles. The minimum Gasteiger partial charge on any atom is -0.377 e. The van der Waals surface area contributed by atoms with Gasteiger partial charge in [0.15, 0.2) is 0 Å².